The molecule has 1 aromatic heterocycles. The van der Waals surface area contributed by atoms with Gasteiger partial charge in [0.1, 0.15) is 0 Å². The van der Waals surface area contributed by atoms with Gasteiger partial charge in [0, 0.05) is 30.0 Å². The topological polar surface area (TPSA) is 50.2 Å². The van der Waals surface area contributed by atoms with Crippen molar-refractivity contribution in [1.29, 1.82) is 0 Å². The van der Waals surface area contributed by atoms with Crippen LogP contribution in [0.2, 0.25) is 0 Å². The Labute approximate surface area is 103 Å². The fourth-order valence-corrected chi connectivity index (χ4v) is 1.74. The van der Waals surface area contributed by atoms with E-state index in [2.05, 4.69) is 4.98 Å². The molecule has 1 aliphatic carbocycles. The van der Waals surface area contributed by atoms with E-state index in [0.717, 1.165) is 0 Å². The number of carbonyl (C=O) groups excluding carboxylic acids is 1. The van der Waals surface area contributed by atoms with E-state index in [1.807, 2.05) is 0 Å². The Morgan fingerprint density at radius 3 is 2.42 bits per heavy atom. The second-order valence-electron chi connectivity index (χ2n) is 3.94. The molecule has 1 aliphatic rings. The molecule has 0 bridgehead atoms. The molecular formula is C11H6F5NO2. The number of nitrogens with zero attached hydrogens (tertiary/aromatic N) is 1. The molecule has 3 nitrogen and oxygen atoms in total. The quantitative estimate of drug-likeness (QED) is 0.488. The van der Waals surface area contributed by atoms with Crippen LogP contribution in [0.1, 0.15) is 15.9 Å². The Balaban J connectivity index is 2.50. The first-order valence-corrected chi connectivity index (χ1v) is 5.01. The predicted molar refractivity (Wildman–Crippen MR) is 52.9 cm³/mol. The number of aliphatic hydroxyl groups is 1. The van der Waals surface area contributed by atoms with Crippen LogP contribution in [0.3, 0.4) is 0 Å². The third-order valence-corrected chi connectivity index (χ3v) is 2.73. The number of aromatic nitrogens is 1. The molecule has 0 spiro atoms. The van der Waals surface area contributed by atoms with Crippen molar-refractivity contribution in [3.05, 3.63) is 40.9 Å². The zero-order valence-electron chi connectivity index (χ0n) is 9.13. The van der Waals surface area contributed by atoms with Gasteiger partial charge in [-0.2, -0.15) is 22.0 Å². The molecule has 0 aliphatic heterocycles. The van der Waals surface area contributed by atoms with Gasteiger partial charge in [0.25, 0.3) is 0 Å². The SMILES string of the molecule is O=C1/C(=C(\O)C(F)(F)C(F)(F)F)Cc2cnccc21. The van der Waals surface area contributed by atoms with Crippen LogP contribution >= 0.6 is 0 Å². The molecule has 0 saturated carbocycles. The van der Waals surface area contributed by atoms with Gasteiger partial charge in [0.05, 0.1) is 0 Å². The summed E-state index contributed by atoms with van der Waals surface area (Å²) in [7, 11) is 0. The summed E-state index contributed by atoms with van der Waals surface area (Å²) in [5, 5.41) is 9.12. The van der Waals surface area contributed by atoms with Gasteiger partial charge >= 0.3 is 12.1 Å². The average Bonchev–Trinajstić information content (AvgIpc) is 2.65. The highest BCUT2D eigenvalue weighted by atomic mass is 19.4. The van der Waals surface area contributed by atoms with Crippen molar-refractivity contribution in [2.24, 2.45) is 0 Å². The highest BCUT2D eigenvalue weighted by Gasteiger charge is 2.62. The normalized spacial score (nSPS) is 18.5. The number of allylic oxidation sites excluding steroid dienone is 2. The van der Waals surface area contributed by atoms with Gasteiger partial charge in [0.15, 0.2) is 11.5 Å². The second-order valence-corrected chi connectivity index (χ2v) is 3.94. The molecule has 0 unspecified atom stereocenters. The summed E-state index contributed by atoms with van der Waals surface area (Å²) in [6.45, 7) is 0. The van der Waals surface area contributed by atoms with E-state index in [1.54, 1.807) is 0 Å². The first-order chi connectivity index (χ1) is 8.66. The number of carbonyl (C=O) groups is 1. The highest BCUT2D eigenvalue weighted by molar-refractivity contribution is 6.13. The molecule has 0 aromatic carbocycles. The van der Waals surface area contributed by atoms with Crippen molar-refractivity contribution in [2.75, 3.05) is 0 Å². The van der Waals surface area contributed by atoms with Gasteiger partial charge in [-0.25, -0.2) is 0 Å². The van der Waals surface area contributed by atoms with Crippen LogP contribution in [-0.2, 0) is 6.42 Å². The zero-order valence-corrected chi connectivity index (χ0v) is 9.13. The molecule has 0 amide bonds. The third-order valence-electron chi connectivity index (χ3n) is 2.73. The van der Waals surface area contributed by atoms with Crippen molar-refractivity contribution in [2.45, 2.75) is 18.5 Å². The Morgan fingerprint density at radius 2 is 1.89 bits per heavy atom. The van der Waals surface area contributed by atoms with E-state index < -0.39 is 35.6 Å². The van der Waals surface area contributed by atoms with E-state index in [9.17, 15) is 26.7 Å². The number of halogens is 5. The number of ketones is 1. The molecule has 0 saturated heterocycles. The van der Waals surface area contributed by atoms with Gasteiger partial charge in [0.2, 0.25) is 0 Å². The largest absolute Gasteiger partial charge is 0.506 e. The van der Waals surface area contributed by atoms with Crippen LogP contribution in [0.25, 0.3) is 0 Å². The summed E-state index contributed by atoms with van der Waals surface area (Å²) >= 11 is 0. The lowest BCUT2D eigenvalue weighted by Gasteiger charge is -2.19. The van der Waals surface area contributed by atoms with Gasteiger partial charge in [-0.3, -0.25) is 9.78 Å². The van der Waals surface area contributed by atoms with Gasteiger partial charge < -0.3 is 5.11 Å². The molecule has 0 atom stereocenters. The Morgan fingerprint density at radius 1 is 1.26 bits per heavy atom. The Kier molecular flexibility index (Phi) is 2.83. The number of Topliss-reactive ketones (excluding diaryl/α,β-unsaturated/α-hetero) is 1. The minimum atomic E-state index is -5.96. The van der Waals surface area contributed by atoms with E-state index in [-0.39, 0.29) is 11.1 Å². The smallest absolute Gasteiger partial charge is 0.461 e. The second kappa shape index (κ2) is 4.01. The number of hydrogen-bond acceptors (Lipinski definition) is 3. The number of alkyl halides is 5. The Bertz CT molecular complexity index is 577. The number of pyridine rings is 1. The summed E-state index contributed by atoms with van der Waals surface area (Å²) in [5.41, 5.74) is -0.785. The lowest BCUT2D eigenvalue weighted by molar-refractivity contribution is -0.274. The van der Waals surface area contributed by atoms with Gasteiger partial charge in [-0.15, -0.1) is 0 Å². The van der Waals surface area contributed by atoms with Crippen LogP contribution in [0.15, 0.2) is 29.8 Å². The number of hydrogen-bond donors (Lipinski definition) is 1. The summed E-state index contributed by atoms with van der Waals surface area (Å²) in [6.07, 6.45) is -4.07. The van der Waals surface area contributed by atoms with Crippen LogP contribution in [0.5, 0.6) is 0 Å². The molecular weight excluding hydrogens is 273 g/mol. The maximum Gasteiger partial charge on any atom is 0.461 e. The maximum absolute atomic E-state index is 13.0. The first-order valence-electron chi connectivity index (χ1n) is 5.01. The van der Waals surface area contributed by atoms with Gasteiger partial charge in [-0.1, -0.05) is 0 Å². The summed E-state index contributed by atoms with van der Waals surface area (Å²) in [4.78, 5) is 15.3. The van der Waals surface area contributed by atoms with Crippen LogP contribution < -0.4 is 0 Å². The fraction of sp³-hybridized carbons (Fsp3) is 0.273. The first kappa shape index (κ1) is 13.4. The molecule has 2 rings (SSSR count). The molecule has 8 heteroatoms. The lowest BCUT2D eigenvalue weighted by atomic mass is 10.1. The average molecular weight is 279 g/mol. The van der Waals surface area contributed by atoms with Crippen molar-refractivity contribution in [1.82, 2.24) is 4.98 Å². The van der Waals surface area contributed by atoms with Crippen LogP contribution in [-0.4, -0.2) is 28.0 Å². The van der Waals surface area contributed by atoms with Crippen LogP contribution in [0.4, 0.5) is 22.0 Å². The van der Waals surface area contributed by atoms with Crippen molar-refractivity contribution >= 4 is 5.78 Å². The number of rotatable bonds is 1. The lowest BCUT2D eigenvalue weighted by Crippen LogP contribution is -2.39. The van der Waals surface area contributed by atoms with Crippen molar-refractivity contribution < 1.29 is 31.9 Å². The van der Waals surface area contributed by atoms with Crippen molar-refractivity contribution in [3.8, 4) is 0 Å². The maximum atomic E-state index is 13.0. The van der Waals surface area contributed by atoms with E-state index in [4.69, 9.17) is 5.11 Å². The highest BCUT2D eigenvalue weighted by Crippen LogP contribution is 2.43. The summed E-state index contributed by atoms with van der Waals surface area (Å²) < 4.78 is 62.3. The molecule has 1 aromatic rings. The monoisotopic (exact) mass is 279 g/mol. The third kappa shape index (κ3) is 1.96. The molecule has 1 N–H and O–H groups in total. The van der Waals surface area contributed by atoms with Crippen LogP contribution in [0, 0.1) is 0 Å². The Hall–Kier alpha value is -1.99. The van der Waals surface area contributed by atoms with Gasteiger partial charge in [-0.05, 0) is 11.6 Å². The minimum Gasteiger partial charge on any atom is -0.506 e. The number of aliphatic hydroxyl groups excluding tert-OH is 1. The zero-order chi connectivity index (χ0) is 14.4. The summed E-state index contributed by atoms with van der Waals surface area (Å²) in [6, 6.07) is 1.20. The van der Waals surface area contributed by atoms with E-state index in [0.29, 0.717) is 0 Å². The van der Waals surface area contributed by atoms with E-state index >= 15 is 0 Å². The molecule has 1 heterocycles. The molecule has 19 heavy (non-hydrogen) atoms. The fourth-order valence-electron chi connectivity index (χ4n) is 1.74. The molecule has 0 fully saturated rings. The standard InChI is InChI=1S/C11H6F5NO2/c12-10(13,11(14,15)16)9(19)7-3-5-4-17-2-1-6(5)8(7)18/h1-2,4,19H,3H2/b9-7-. The van der Waals surface area contributed by atoms with Crippen molar-refractivity contribution in [3.63, 3.8) is 0 Å². The number of fused-ring (bicyclic) bond motifs is 1. The molecule has 0 radical (unpaired) electrons. The predicted octanol–water partition coefficient (Wildman–Crippen LogP) is 2.83. The van der Waals surface area contributed by atoms with E-state index in [1.165, 1.54) is 18.5 Å². The molecule has 102 valence electrons. The minimum absolute atomic E-state index is 0.0328. The summed E-state index contributed by atoms with van der Waals surface area (Å²) in [5.74, 6) is -8.74.